The first-order valence-corrected chi connectivity index (χ1v) is 8.45. The van der Waals surface area contributed by atoms with Crippen LogP contribution in [0.4, 0.5) is 0 Å². The highest BCUT2D eigenvalue weighted by molar-refractivity contribution is 6.30. The zero-order valence-electron chi connectivity index (χ0n) is 15.0. The van der Waals surface area contributed by atoms with E-state index in [-0.39, 0.29) is 33.6 Å². The fourth-order valence-electron chi connectivity index (χ4n) is 3.15. The second-order valence-corrected chi connectivity index (χ2v) is 6.81. The molecule has 4 N–H and O–H groups in total. The molecule has 144 valence electrons. The van der Waals surface area contributed by atoms with Crippen molar-refractivity contribution in [3.63, 3.8) is 0 Å². The van der Waals surface area contributed by atoms with E-state index in [1.807, 2.05) is 0 Å². The van der Waals surface area contributed by atoms with Crippen LogP contribution in [0.25, 0.3) is 0 Å². The van der Waals surface area contributed by atoms with E-state index in [1.54, 1.807) is 13.8 Å². The van der Waals surface area contributed by atoms with Gasteiger partial charge in [-0.25, -0.2) is 4.79 Å². The van der Waals surface area contributed by atoms with Crippen LogP contribution in [0.3, 0.4) is 0 Å². The predicted molar refractivity (Wildman–Crippen MR) is 96.8 cm³/mol. The number of carboxylic acids is 1. The quantitative estimate of drug-likeness (QED) is 0.537. The van der Waals surface area contributed by atoms with Crippen LogP contribution in [-0.2, 0) is 4.79 Å². The van der Waals surface area contributed by atoms with Crippen LogP contribution in [0.1, 0.15) is 56.0 Å². The molecular weight excluding hydrogens is 366 g/mol. The van der Waals surface area contributed by atoms with Crippen molar-refractivity contribution in [2.45, 2.75) is 19.9 Å². The van der Waals surface area contributed by atoms with Gasteiger partial charge in [0.25, 0.3) is 5.91 Å². The second kappa shape index (κ2) is 6.80. The number of nitrogens with one attached hydrogen (secondary N) is 1. The number of amides is 1. The summed E-state index contributed by atoms with van der Waals surface area (Å²) in [5.41, 5.74) is -0.912. The molecule has 0 spiro atoms. The van der Waals surface area contributed by atoms with Crippen LogP contribution >= 0.6 is 0 Å². The maximum absolute atomic E-state index is 12.8. The van der Waals surface area contributed by atoms with E-state index < -0.39 is 41.2 Å². The van der Waals surface area contributed by atoms with E-state index in [2.05, 4.69) is 5.32 Å². The fourth-order valence-corrected chi connectivity index (χ4v) is 3.15. The Balaban J connectivity index is 2.07. The number of carboxylic acid groups (broad SMARTS) is 1. The van der Waals surface area contributed by atoms with Gasteiger partial charge in [-0.2, -0.15) is 0 Å². The minimum absolute atomic E-state index is 0.0416. The number of hydrogen-bond donors (Lipinski definition) is 4. The molecule has 1 atom stereocenters. The number of hydrogen-bond acceptors (Lipinski definition) is 6. The molecular formula is C20H17NO7. The Morgan fingerprint density at radius 3 is 2.18 bits per heavy atom. The number of rotatable bonds is 4. The summed E-state index contributed by atoms with van der Waals surface area (Å²) in [5.74, 6) is -4.79. The lowest BCUT2D eigenvalue weighted by Crippen LogP contribution is -2.44. The standard InChI is InChI=1S/C20H17NO7/c1-8(2)16(20(27)28)21-19(26)9-6-11-15(13(23)7-9)18(25)14-10(17(11)24)4-3-5-12(14)22/h3-8,16,22-23H,1-2H3,(H,21,26)(H,27,28). The van der Waals surface area contributed by atoms with E-state index >= 15 is 0 Å². The normalized spacial score (nSPS) is 13.7. The van der Waals surface area contributed by atoms with Crippen molar-refractivity contribution >= 4 is 23.4 Å². The molecule has 28 heavy (non-hydrogen) atoms. The Labute approximate surface area is 159 Å². The van der Waals surface area contributed by atoms with Crippen LogP contribution < -0.4 is 5.32 Å². The molecule has 3 rings (SSSR count). The van der Waals surface area contributed by atoms with Crippen molar-refractivity contribution in [1.29, 1.82) is 0 Å². The first-order valence-electron chi connectivity index (χ1n) is 8.45. The molecule has 8 heteroatoms. The van der Waals surface area contributed by atoms with Crippen LogP contribution in [0.2, 0.25) is 0 Å². The van der Waals surface area contributed by atoms with Gasteiger partial charge in [0, 0.05) is 16.7 Å². The topological polar surface area (TPSA) is 141 Å². The summed E-state index contributed by atoms with van der Waals surface area (Å²) in [6.07, 6.45) is 0. The summed E-state index contributed by atoms with van der Waals surface area (Å²) in [6.45, 7) is 3.24. The van der Waals surface area contributed by atoms with E-state index in [9.17, 15) is 34.5 Å². The molecule has 0 radical (unpaired) electrons. The number of phenolic OH excluding ortho intramolecular Hbond substituents is 2. The summed E-state index contributed by atoms with van der Waals surface area (Å²) in [7, 11) is 0. The Kier molecular flexibility index (Phi) is 4.64. The number of ketones is 2. The molecule has 1 aliphatic carbocycles. The van der Waals surface area contributed by atoms with Crippen LogP contribution in [0.5, 0.6) is 11.5 Å². The van der Waals surface area contributed by atoms with Gasteiger partial charge in [-0.1, -0.05) is 26.0 Å². The monoisotopic (exact) mass is 383 g/mol. The first-order chi connectivity index (χ1) is 13.1. The highest BCUT2D eigenvalue weighted by Gasteiger charge is 2.35. The maximum Gasteiger partial charge on any atom is 0.326 e. The summed E-state index contributed by atoms with van der Waals surface area (Å²) in [6, 6.07) is 4.98. The van der Waals surface area contributed by atoms with Gasteiger partial charge >= 0.3 is 5.97 Å². The van der Waals surface area contributed by atoms with Gasteiger partial charge in [0.2, 0.25) is 5.78 Å². The molecule has 0 bridgehead atoms. The number of phenols is 2. The van der Waals surface area contributed by atoms with Gasteiger partial charge in [0.15, 0.2) is 5.78 Å². The van der Waals surface area contributed by atoms with E-state index in [0.29, 0.717) is 0 Å². The maximum atomic E-state index is 12.8. The van der Waals surface area contributed by atoms with Crippen molar-refractivity contribution in [3.05, 3.63) is 58.1 Å². The minimum atomic E-state index is -1.22. The molecule has 1 unspecified atom stereocenters. The van der Waals surface area contributed by atoms with Gasteiger partial charge in [-0.3, -0.25) is 14.4 Å². The fraction of sp³-hybridized carbons (Fsp3) is 0.200. The van der Waals surface area contributed by atoms with Crippen LogP contribution in [0.15, 0.2) is 30.3 Å². The Morgan fingerprint density at radius 2 is 1.57 bits per heavy atom. The van der Waals surface area contributed by atoms with E-state index in [0.717, 1.165) is 12.1 Å². The summed E-state index contributed by atoms with van der Waals surface area (Å²) in [5, 5.41) is 31.8. The van der Waals surface area contributed by atoms with Gasteiger partial charge < -0.3 is 20.6 Å². The SMILES string of the molecule is CC(C)C(NC(=O)c1cc(O)c2c(c1)C(=O)c1cccc(O)c1C2=O)C(=O)O. The number of aliphatic carboxylic acids is 1. The number of benzene rings is 2. The van der Waals surface area contributed by atoms with Gasteiger partial charge in [0.05, 0.1) is 11.1 Å². The van der Waals surface area contributed by atoms with Gasteiger partial charge in [0.1, 0.15) is 17.5 Å². The number of fused-ring (bicyclic) bond motifs is 2. The minimum Gasteiger partial charge on any atom is -0.507 e. The molecule has 0 saturated heterocycles. The van der Waals surface area contributed by atoms with Crippen LogP contribution in [-0.4, -0.2) is 44.8 Å². The molecule has 2 aromatic carbocycles. The van der Waals surface area contributed by atoms with Gasteiger partial charge in [-0.05, 0) is 24.1 Å². The highest BCUT2D eigenvalue weighted by atomic mass is 16.4. The van der Waals surface area contributed by atoms with E-state index in [1.165, 1.54) is 18.2 Å². The molecule has 8 nitrogen and oxygen atoms in total. The summed E-state index contributed by atoms with van der Waals surface area (Å²) in [4.78, 5) is 49.2. The second-order valence-electron chi connectivity index (χ2n) is 6.81. The smallest absolute Gasteiger partial charge is 0.326 e. The number of carbonyl (C=O) groups is 4. The number of carbonyl (C=O) groups excluding carboxylic acids is 3. The lowest BCUT2D eigenvalue weighted by atomic mass is 9.82. The van der Waals surface area contributed by atoms with Crippen LogP contribution in [0, 0.1) is 5.92 Å². The van der Waals surface area contributed by atoms with Gasteiger partial charge in [-0.15, -0.1) is 0 Å². The lowest BCUT2D eigenvalue weighted by Gasteiger charge is -2.21. The Bertz CT molecular complexity index is 1040. The largest absolute Gasteiger partial charge is 0.507 e. The zero-order chi connectivity index (χ0) is 20.7. The average molecular weight is 383 g/mol. The van der Waals surface area contributed by atoms with Crippen molar-refractivity contribution in [1.82, 2.24) is 5.32 Å². The molecule has 0 fully saturated rings. The molecule has 0 aliphatic heterocycles. The Hall–Kier alpha value is -3.68. The number of aromatic hydroxyl groups is 2. The third kappa shape index (κ3) is 2.98. The summed E-state index contributed by atoms with van der Waals surface area (Å²) >= 11 is 0. The summed E-state index contributed by atoms with van der Waals surface area (Å²) < 4.78 is 0. The molecule has 1 amide bonds. The predicted octanol–water partition coefficient (Wildman–Crippen LogP) is 1.71. The Morgan fingerprint density at radius 1 is 0.929 bits per heavy atom. The molecule has 2 aromatic rings. The lowest BCUT2D eigenvalue weighted by molar-refractivity contribution is -0.140. The van der Waals surface area contributed by atoms with Crippen molar-refractivity contribution < 1.29 is 34.5 Å². The average Bonchev–Trinajstić information content (AvgIpc) is 2.62. The highest BCUT2D eigenvalue weighted by Crippen LogP contribution is 2.37. The molecule has 0 heterocycles. The van der Waals surface area contributed by atoms with E-state index in [4.69, 9.17) is 0 Å². The van der Waals surface area contributed by atoms with Crippen molar-refractivity contribution in [2.75, 3.05) is 0 Å². The van der Waals surface area contributed by atoms with Crippen molar-refractivity contribution in [3.8, 4) is 11.5 Å². The zero-order valence-corrected chi connectivity index (χ0v) is 15.0. The molecule has 0 aromatic heterocycles. The molecule has 1 aliphatic rings. The van der Waals surface area contributed by atoms with Crippen molar-refractivity contribution in [2.24, 2.45) is 5.92 Å². The third-order valence-corrected chi connectivity index (χ3v) is 4.58. The third-order valence-electron chi connectivity index (χ3n) is 4.58. The molecule has 0 saturated carbocycles. The first kappa shape index (κ1) is 19.1.